The lowest BCUT2D eigenvalue weighted by molar-refractivity contribution is -0.120. The van der Waals surface area contributed by atoms with Crippen molar-refractivity contribution < 1.29 is 19.4 Å². The Kier molecular flexibility index (Phi) is 6.46. The first-order valence-corrected chi connectivity index (χ1v) is 10.2. The number of nitrogens with zero attached hydrogens (tertiary/aromatic N) is 3. The number of amides is 1. The Labute approximate surface area is 185 Å². The van der Waals surface area contributed by atoms with Crippen LogP contribution in [0.3, 0.4) is 0 Å². The lowest BCUT2D eigenvalue weighted by Crippen LogP contribution is -2.08. The van der Waals surface area contributed by atoms with Gasteiger partial charge in [-0.1, -0.05) is 54.6 Å². The van der Waals surface area contributed by atoms with Crippen molar-refractivity contribution in [3.63, 3.8) is 0 Å². The number of rotatable bonds is 8. The Bertz CT molecular complexity index is 1250. The number of aromatic nitrogens is 1. The summed E-state index contributed by atoms with van der Waals surface area (Å²) in [6, 6.07) is 24.3. The molecule has 1 amide bonds. The number of carbonyl (C=O) groups is 1. The Morgan fingerprint density at radius 3 is 2.47 bits per heavy atom. The Hall–Kier alpha value is -4.13. The van der Waals surface area contributed by atoms with Gasteiger partial charge < -0.3 is 19.1 Å². The van der Waals surface area contributed by atoms with Crippen molar-refractivity contribution in [2.75, 3.05) is 13.2 Å². The molecule has 1 N–H and O–H groups in total. The van der Waals surface area contributed by atoms with Crippen molar-refractivity contribution in [3.05, 3.63) is 84.4 Å². The monoisotopic (exact) mass is 429 g/mol. The van der Waals surface area contributed by atoms with Crippen LogP contribution in [-0.4, -0.2) is 28.8 Å². The topological polar surface area (TPSA) is 85.4 Å². The lowest BCUT2D eigenvalue weighted by atomic mass is 10.2. The second-order valence-corrected chi connectivity index (χ2v) is 7.15. The molecule has 0 aliphatic carbocycles. The van der Waals surface area contributed by atoms with Crippen LogP contribution < -0.4 is 9.47 Å². The molecule has 162 valence electrons. The zero-order chi connectivity index (χ0) is 22.3. The van der Waals surface area contributed by atoms with Crippen LogP contribution in [0.5, 0.6) is 17.4 Å². The summed E-state index contributed by atoms with van der Waals surface area (Å²) in [7, 11) is 0. The van der Waals surface area contributed by atoms with E-state index < -0.39 is 5.91 Å². The fourth-order valence-corrected chi connectivity index (χ4v) is 3.36. The Balaban J connectivity index is 1.48. The van der Waals surface area contributed by atoms with Gasteiger partial charge in [0.1, 0.15) is 18.1 Å². The predicted octanol–water partition coefficient (Wildman–Crippen LogP) is 5.42. The molecule has 0 saturated heterocycles. The highest BCUT2D eigenvalue weighted by molar-refractivity contribution is 5.95. The summed E-state index contributed by atoms with van der Waals surface area (Å²) in [5.41, 5.74) is 1.94. The number of carbonyl (C=O) groups excluding carboxylic acids is 1. The SMILES string of the molecule is Cc1ccccc1OCC(=O)N=Nc1c(O)n(CCOc2ccccc2)c2ccccc12. The van der Waals surface area contributed by atoms with Crippen LogP contribution in [0.2, 0.25) is 0 Å². The van der Waals surface area contributed by atoms with E-state index in [1.165, 1.54) is 0 Å². The molecule has 7 heteroatoms. The molecule has 1 heterocycles. The molecule has 3 aromatic carbocycles. The molecule has 0 bridgehead atoms. The molecule has 32 heavy (non-hydrogen) atoms. The summed E-state index contributed by atoms with van der Waals surface area (Å²) in [6.07, 6.45) is 0. The second kappa shape index (κ2) is 9.78. The Morgan fingerprint density at radius 2 is 1.66 bits per heavy atom. The summed E-state index contributed by atoms with van der Waals surface area (Å²) >= 11 is 0. The first-order valence-electron chi connectivity index (χ1n) is 10.2. The van der Waals surface area contributed by atoms with E-state index in [2.05, 4.69) is 10.2 Å². The van der Waals surface area contributed by atoms with Gasteiger partial charge in [-0.05, 0) is 36.8 Å². The van der Waals surface area contributed by atoms with Crippen LogP contribution in [0, 0.1) is 6.92 Å². The van der Waals surface area contributed by atoms with E-state index in [-0.39, 0.29) is 18.2 Å². The quantitative estimate of drug-likeness (QED) is 0.379. The van der Waals surface area contributed by atoms with Gasteiger partial charge in [0, 0.05) is 5.39 Å². The number of fused-ring (bicyclic) bond motifs is 1. The van der Waals surface area contributed by atoms with E-state index in [4.69, 9.17) is 9.47 Å². The van der Waals surface area contributed by atoms with E-state index in [1.807, 2.05) is 79.7 Å². The first kappa shape index (κ1) is 21.1. The van der Waals surface area contributed by atoms with Gasteiger partial charge in [-0.3, -0.25) is 4.79 Å². The first-order chi connectivity index (χ1) is 15.6. The summed E-state index contributed by atoms with van der Waals surface area (Å²) < 4.78 is 13.0. The number of benzene rings is 3. The predicted molar refractivity (Wildman–Crippen MR) is 122 cm³/mol. The molecule has 1 aromatic heterocycles. The molecule has 4 rings (SSSR count). The van der Waals surface area contributed by atoms with Crippen molar-refractivity contribution in [2.24, 2.45) is 10.2 Å². The van der Waals surface area contributed by atoms with Crippen molar-refractivity contribution in [2.45, 2.75) is 13.5 Å². The van der Waals surface area contributed by atoms with Crippen molar-refractivity contribution in [3.8, 4) is 17.4 Å². The molecule has 0 aliphatic rings. The second-order valence-electron chi connectivity index (χ2n) is 7.15. The fourth-order valence-electron chi connectivity index (χ4n) is 3.36. The van der Waals surface area contributed by atoms with Crippen LogP contribution in [-0.2, 0) is 11.3 Å². The molecular formula is C25H23N3O4. The highest BCUT2D eigenvalue weighted by Gasteiger charge is 2.17. The van der Waals surface area contributed by atoms with Crippen LogP contribution in [0.1, 0.15) is 5.56 Å². The minimum absolute atomic E-state index is 0.0702. The Morgan fingerprint density at radius 1 is 0.938 bits per heavy atom. The highest BCUT2D eigenvalue weighted by Crippen LogP contribution is 2.38. The fraction of sp³-hybridized carbons (Fsp3) is 0.160. The number of hydrogen-bond donors (Lipinski definition) is 1. The third kappa shape index (κ3) is 4.78. The van der Waals surface area contributed by atoms with Gasteiger partial charge in [0.15, 0.2) is 12.3 Å². The van der Waals surface area contributed by atoms with Gasteiger partial charge in [0.2, 0.25) is 5.88 Å². The summed E-state index contributed by atoms with van der Waals surface area (Å²) in [5, 5.41) is 19.3. The van der Waals surface area contributed by atoms with E-state index in [0.717, 1.165) is 16.8 Å². The average molecular weight is 429 g/mol. The molecule has 0 atom stereocenters. The number of para-hydroxylation sites is 3. The average Bonchev–Trinajstić information content (AvgIpc) is 3.08. The van der Waals surface area contributed by atoms with Gasteiger partial charge in [0.25, 0.3) is 0 Å². The van der Waals surface area contributed by atoms with E-state index in [9.17, 15) is 9.90 Å². The lowest BCUT2D eigenvalue weighted by Gasteiger charge is -2.09. The van der Waals surface area contributed by atoms with E-state index in [0.29, 0.717) is 24.3 Å². The third-order valence-electron chi connectivity index (χ3n) is 4.95. The van der Waals surface area contributed by atoms with Crippen LogP contribution in [0.15, 0.2) is 89.1 Å². The molecule has 0 saturated carbocycles. The molecule has 7 nitrogen and oxygen atoms in total. The molecule has 0 aliphatic heterocycles. The van der Waals surface area contributed by atoms with Gasteiger partial charge in [0.05, 0.1) is 12.1 Å². The van der Waals surface area contributed by atoms with Crippen LogP contribution >= 0.6 is 0 Å². The van der Waals surface area contributed by atoms with Crippen molar-refractivity contribution in [1.29, 1.82) is 0 Å². The normalized spacial score (nSPS) is 11.2. The number of azo groups is 1. The van der Waals surface area contributed by atoms with Gasteiger partial charge in [-0.25, -0.2) is 0 Å². The largest absolute Gasteiger partial charge is 0.493 e. The summed E-state index contributed by atoms with van der Waals surface area (Å²) in [4.78, 5) is 12.2. The maximum atomic E-state index is 12.2. The van der Waals surface area contributed by atoms with Gasteiger partial charge in [-0.15, -0.1) is 10.2 Å². The molecule has 4 aromatic rings. The summed E-state index contributed by atoms with van der Waals surface area (Å²) in [6.45, 7) is 2.42. The van der Waals surface area contributed by atoms with Crippen LogP contribution in [0.4, 0.5) is 5.69 Å². The number of aryl methyl sites for hydroxylation is 1. The number of ether oxygens (including phenoxy) is 2. The number of aromatic hydroxyl groups is 1. The maximum absolute atomic E-state index is 12.2. The molecule has 0 spiro atoms. The van der Waals surface area contributed by atoms with Crippen molar-refractivity contribution in [1.82, 2.24) is 4.57 Å². The minimum Gasteiger partial charge on any atom is -0.493 e. The van der Waals surface area contributed by atoms with Crippen LogP contribution in [0.25, 0.3) is 10.9 Å². The number of hydrogen-bond acceptors (Lipinski definition) is 5. The molecule has 0 radical (unpaired) electrons. The van der Waals surface area contributed by atoms with E-state index >= 15 is 0 Å². The van der Waals surface area contributed by atoms with E-state index in [1.54, 1.807) is 10.6 Å². The third-order valence-corrected chi connectivity index (χ3v) is 4.95. The zero-order valence-corrected chi connectivity index (χ0v) is 17.6. The highest BCUT2D eigenvalue weighted by atomic mass is 16.5. The van der Waals surface area contributed by atoms with Crippen molar-refractivity contribution >= 4 is 22.5 Å². The molecule has 0 fully saturated rings. The summed E-state index contributed by atoms with van der Waals surface area (Å²) in [5.74, 6) is 0.757. The standard InChI is InChI=1S/C25H23N3O4/c1-18-9-5-8-14-22(18)32-17-23(29)26-27-24-20-12-6-7-13-21(20)28(25(24)30)15-16-31-19-10-3-2-4-11-19/h2-14,30H,15-17H2,1H3. The maximum Gasteiger partial charge on any atom is 0.302 e. The molecule has 0 unspecified atom stereocenters. The van der Waals surface area contributed by atoms with Gasteiger partial charge >= 0.3 is 5.91 Å². The minimum atomic E-state index is -0.545. The van der Waals surface area contributed by atoms with Gasteiger partial charge in [-0.2, -0.15) is 0 Å². The molecular weight excluding hydrogens is 406 g/mol. The zero-order valence-electron chi connectivity index (χ0n) is 17.6. The smallest absolute Gasteiger partial charge is 0.302 e.